The van der Waals surface area contributed by atoms with Crippen LogP contribution in [0.4, 0.5) is 11.6 Å². The highest BCUT2D eigenvalue weighted by Crippen LogP contribution is 2.14. The van der Waals surface area contributed by atoms with Crippen molar-refractivity contribution in [3.05, 3.63) is 72.3 Å². The zero-order chi connectivity index (χ0) is 19.1. The molecule has 27 heavy (non-hydrogen) atoms. The molecular formula is C19H19N7O. The van der Waals surface area contributed by atoms with E-state index in [4.69, 9.17) is 0 Å². The number of aromatic hydroxyl groups is 1. The number of rotatable bonds is 6. The zero-order valence-electron chi connectivity index (χ0n) is 15.0. The Kier molecular flexibility index (Phi) is 5.68. The van der Waals surface area contributed by atoms with Crippen LogP contribution in [0.25, 0.3) is 0 Å². The lowest BCUT2D eigenvalue weighted by atomic mass is 10.3. The fourth-order valence-electron chi connectivity index (χ4n) is 2.15. The van der Waals surface area contributed by atoms with Gasteiger partial charge in [-0.15, -0.1) is 0 Å². The number of anilines is 2. The van der Waals surface area contributed by atoms with Crippen molar-refractivity contribution in [2.24, 2.45) is 10.2 Å². The molecule has 0 fully saturated rings. The summed E-state index contributed by atoms with van der Waals surface area (Å²) in [5.74, 6) is 1.43. The smallest absolute Gasteiger partial charge is 0.148 e. The molecule has 0 radical (unpaired) electrons. The molecule has 0 atom stereocenters. The quantitative estimate of drug-likeness (QED) is 0.536. The van der Waals surface area contributed by atoms with Crippen molar-refractivity contribution in [1.82, 2.24) is 15.0 Å². The molecule has 8 heteroatoms. The van der Waals surface area contributed by atoms with Crippen LogP contribution in [-0.2, 0) is 0 Å². The predicted molar refractivity (Wildman–Crippen MR) is 106 cm³/mol. The molecule has 0 amide bonds. The van der Waals surface area contributed by atoms with E-state index in [9.17, 15) is 5.11 Å². The van der Waals surface area contributed by atoms with Gasteiger partial charge in [-0.3, -0.25) is 10.0 Å². The first-order chi connectivity index (χ1) is 13.1. The lowest BCUT2D eigenvalue weighted by Crippen LogP contribution is -2.11. The number of nitrogens with zero attached hydrogens (tertiary/aromatic N) is 7. The minimum absolute atomic E-state index is 0.0309. The Morgan fingerprint density at radius 1 is 0.815 bits per heavy atom. The van der Waals surface area contributed by atoms with Crippen LogP contribution >= 0.6 is 0 Å². The monoisotopic (exact) mass is 361 g/mol. The summed E-state index contributed by atoms with van der Waals surface area (Å²) in [5.41, 5.74) is 0.916. The summed E-state index contributed by atoms with van der Waals surface area (Å²) in [6, 6.07) is 14.4. The SMILES string of the molecule is CN(/N=C\c1nc(/C=N/N(C)c2ccccn2)ccc1O)c1ccccn1. The summed E-state index contributed by atoms with van der Waals surface area (Å²) in [6.45, 7) is 0. The fourth-order valence-corrected chi connectivity index (χ4v) is 2.15. The van der Waals surface area contributed by atoms with Gasteiger partial charge in [-0.2, -0.15) is 10.2 Å². The Balaban J connectivity index is 1.74. The normalized spacial score (nSPS) is 11.2. The molecule has 3 aromatic heterocycles. The van der Waals surface area contributed by atoms with E-state index in [1.807, 2.05) is 36.4 Å². The number of hydrogen-bond acceptors (Lipinski definition) is 8. The molecule has 0 aromatic carbocycles. The third-order valence-electron chi connectivity index (χ3n) is 3.60. The Bertz CT molecular complexity index is 929. The molecule has 0 unspecified atom stereocenters. The van der Waals surface area contributed by atoms with Crippen LogP contribution in [-0.4, -0.2) is 46.6 Å². The molecule has 0 aliphatic rings. The summed E-state index contributed by atoms with van der Waals surface area (Å²) in [6.07, 6.45) is 6.46. The Morgan fingerprint density at radius 2 is 1.41 bits per heavy atom. The molecule has 0 spiro atoms. The van der Waals surface area contributed by atoms with Crippen molar-refractivity contribution in [3.63, 3.8) is 0 Å². The Hall–Kier alpha value is -3.81. The van der Waals surface area contributed by atoms with Crippen LogP contribution < -0.4 is 10.0 Å². The third-order valence-corrected chi connectivity index (χ3v) is 3.60. The van der Waals surface area contributed by atoms with Gasteiger partial charge in [-0.05, 0) is 36.4 Å². The average molecular weight is 361 g/mol. The lowest BCUT2D eigenvalue weighted by molar-refractivity contribution is 0.471. The van der Waals surface area contributed by atoms with Crippen molar-refractivity contribution < 1.29 is 5.11 Å². The van der Waals surface area contributed by atoms with Gasteiger partial charge in [-0.1, -0.05) is 12.1 Å². The van der Waals surface area contributed by atoms with Gasteiger partial charge in [0.2, 0.25) is 0 Å². The highest BCUT2D eigenvalue weighted by atomic mass is 16.3. The maximum Gasteiger partial charge on any atom is 0.148 e. The van der Waals surface area contributed by atoms with E-state index < -0.39 is 0 Å². The molecule has 0 aliphatic heterocycles. The van der Waals surface area contributed by atoms with Gasteiger partial charge in [0.15, 0.2) is 0 Å². The second kappa shape index (κ2) is 8.52. The Morgan fingerprint density at radius 3 is 1.96 bits per heavy atom. The first-order valence-electron chi connectivity index (χ1n) is 8.21. The molecule has 8 nitrogen and oxygen atoms in total. The van der Waals surface area contributed by atoms with Crippen molar-refractivity contribution in [3.8, 4) is 5.75 Å². The van der Waals surface area contributed by atoms with Crippen LogP contribution in [0, 0.1) is 0 Å². The largest absolute Gasteiger partial charge is 0.506 e. The summed E-state index contributed by atoms with van der Waals surface area (Å²) >= 11 is 0. The summed E-state index contributed by atoms with van der Waals surface area (Å²) in [4.78, 5) is 12.8. The van der Waals surface area contributed by atoms with Crippen LogP contribution in [0.3, 0.4) is 0 Å². The van der Waals surface area contributed by atoms with Gasteiger partial charge in [0.25, 0.3) is 0 Å². The van der Waals surface area contributed by atoms with Gasteiger partial charge in [-0.25, -0.2) is 15.0 Å². The second-order valence-electron chi connectivity index (χ2n) is 5.55. The minimum Gasteiger partial charge on any atom is -0.506 e. The summed E-state index contributed by atoms with van der Waals surface area (Å²) in [7, 11) is 3.56. The van der Waals surface area contributed by atoms with Crippen molar-refractivity contribution in [2.75, 3.05) is 24.1 Å². The Labute approximate surface area is 157 Å². The number of pyridine rings is 3. The van der Waals surface area contributed by atoms with Gasteiger partial charge >= 0.3 is 0 Å². The number of hydrogen-bond donors (Lipinski definition) is 1. The molecule has 0 bridgehead atoms. The van der Waals surface area contributed by atoms with Crippen LogP contribution in [0.15, 0.2) is 71.1 Å². The molecular weight excluding hydrogens is 342 g/mol. The molecule has 0 aliphatic carbocycles. The van der Waals surface area contributed by atoms with E-state index in [-0.39, 0.29) is 5.75 Å². The molecule has 3 rings (SSSR count). The van der Waals surface area contributed by atoms with Gasteiger partial charge in [0, 0.05) is 26.5 Å². The van der Waals surface area contributed by atoms with Gasteiger partial charge in [0.05, 0.1) is 18.1 Å². The highest BCUT2D eigenvalue weighted by molar-refractivity contribution is 5.85. The fraction of sp³-hybridized carbons (Fsp3) is 0.105. The third kappa shape index (κ3) is 4.85. The van der Waals surface area contributed by atoms with Crippen LogP contribution in [0.5, 0.6) is 5.75 Å². The van der Waals surface area contributed by atoms with Crippen LogP contribution in [0.2, 0.25) is 0 Å². The molecule has 136 valence electrons. The summed E-state index contributed by atoms with van der Waals surface area (Å²) < 4.78 is 0. The molecule has 0 saturated carbocycles. The van der Waals surface area contributed by atoms with Crippen molar-refractivity contribution in [2.45, 2.75) is 0 Å². The molecule has 1 N–H and O–H groups in total. The van der Waals surface area contributed by atoms with E-state index in [0.717, 1.165) is 0 Å². The summed E-state index contributed by atoms with van der Waals surface area (Å²) in [5, 5.41) is 21.8. The van der Waals surface area contributed by atoms with E-state index >= 15 is 0 Å². The van der Waals surface area contributed by atoms with E-state index in [2.05, 4.69) is 25.2 Å². The minimum atomic E-state index is 0.0309. The molecule has 0 saturated heterocycles. The zero-order valence-corrected chi connectivity index (χ0v) is 15.0. The van der Waals surface area contributed by atoms with Crippen molar-refractivity contribution >= 4 is 24.1 Å². The van der Waals surface area contributed by atoms with E-state index in [1.54, 1.807) is 54.9 Å². The van der Waals surface area contributed by atoms with Gasteiger partial charge < -0.3 is 5.11 Å². The highest BCUT2D eigenvalue weighted by Gasteiger charge is 2.04. The van der Waals surface area contributed by atoms with Crippen molar-refractivity contribution in [1.29, 1.82) is 0 Å². The molecule has 3 heterocycles. The number of hydrazone groups is 2. The lowest BCUT2D eigenvalue weighted by Gasteiger charge is -2.11. The van der Waals surface area contributed by atoms with Gasteiger partial charge in [0.1, 0.15) is 23.1 Å². The number of aromatic nitrogens is 3. The van der Waals surface area contributed by atoms with E-state index in [1.165, 1.54) is 6.21 Å². The molecule has 3 aromatic rings. The maximum absolute atomic E-state index is 10.0. The topological polar surface area (TPSA) is 90.1 Å². The first kappa shape index (κ1) is 18.0. The predicted octanol–water partition coefficient (Wildman–Crippen LogP) is 2.52. The van der Waals surface area contributed by atoms with Crippen LogP contribution in [0.1, 0.15) is 11.4 Å². The standard InChI is InChI=1S/C19H19N7O/c1-25(18-7-3-5-11-20-18)22-13-15-9-10-17(27)16(24-15)14-23-26(2)19-8-4-6-12-21-19/h3-14,27H,1-2H3/b22-13+,23-14-. The van der Waals surface area contributed by atoms with E-state index in [0.29, 0.717) is 23.0 Å². The first-order valence-corrected chi connectivity index (χ1v) is 8.21. The maximum atomic E-state index is 10.0. The average Bonchev–Trinajstić information content (AvgIpc) is 2.73. The second-order valence-corrected chi connectivity index (χ2v) is 5.55.